The molecular formula is C51H49N2O2PPtSi2. The van der Waals surface area contributed by atoms with Crippen LogP contribution in [0.4, 0.5) is 0 Å². The Labute approximate surface area is 365 Å². The molecule has 0 saturated carbocycles. The van der Waals surface area contributed by atoms with Gasteiger partial charge in [0, 0.05) is 33.8 Å². The van der Waals surface area contributed by atoms with Crippen molar-refractivity contribution < 1.29 is 30.4 Å². The zero-order valence-corrected chi connectivity index (χ0v) is 39.9. The third kappa shape index (κ3) is 7.48. The van der Waals surface area contributed by atoms with Gasteiger partial charge in [-0.3, -0.25) is 0 Å². The topological polar surface area (TPSA) is 44.1 Å². The second kappa shape index (κ2) is 15.5. The largest absolute Gasteiger partial charge is 2.00 e. The van der Waals surface area contributed by atoms with Crippen molar-refractivity contribution in [3.8, 4) is 28.4 Å². The van der Waals surface area contributed by atoms with E-state index in [1.165, 1.54) is 28.8 Å². The smallest absolute Gasteiger partial charge is 0.509 e. The van der Waals surface area contributed by atoms with Crippen molar-refractivity contribution in [2.45, 2.75) is 64.5 Å². The molecule has 0 saturated heterocycles. The fourth-order valence-corrected chi connectivity index (χ4v) is 21.5. The molecule has 0 fully saturated rings. The van der Waals surface area contributed by atoms with Gasteiger partial charge in [-0.05, 0) is 45.7 Å². The van der Waals surface area contributed by atoms with Crippen LogP contribution in [-0.2, 0) is 31.0 Å². The Morgan fingerprint density at radius 2 is 1.27 bits per heavy atom. The summed E-state index contributed by atoms with van der Waals surface area (Å²) in [6.45, 7) is 16.9. The summed E-state index contributed by atoms with van der Waals surface area (Å²) in [4.78, 5) is 4.94. The number of hydrogen-bond donors (Lipinski definition) is 0. The summed E-state index contributed by atoms with van der Waals surface area (Å²) in [5.74, 6) is 1.85. The normalized spacial score (nSPS) is 14.8. The van der Waals surface area contributed by atoms with E-state index in [2.05, 4.69) is 118 Å². The van der Waals surface area contributed by atoms with Crippen LogP contribution in [0.1, 0.15) is 26.3 Å². The molecule has 6 aromatic carbocycles. The SMILES string of the molecule is CC(C)(C)c1ccnc(-n2c3[c-]c(Oc4[c-]c(P(=O)(c5ccccc5)c5ccccc5)ccc4)ccc3c3cc(-c4ccc5c(c4)[Si](C)(C)CC[Si]5(C)C)ccc32)c1.[Pt+2]. The minimum Gasteiger partial charge on any atom is -0.509 e. The fourth-order valence-electron chi connectivity index (χ4n) is 8.68. The number of nitrogens with zero attached hydrogens (tertiary/aromatic N) is 2. The van der Waals surface area contributed by atoms with Crippen LogP contribution in [0, 0.1) is 12.1 Å². The second-order valence-electron chi connectivity index (χ2n) is 18.1. The van der Waals surface area contributed by atoms with Crippen LogP contribution in [0.5, 0.6) is 11.5 Å². The van der Waals surface area contributed by atoms with E-state index in [9.17, 15) is 0 Å². The summed E-state index contributed by atoms with van der Waals surface area (Å²) in [6.07, 6.45) is 1.91. The maximum Gasteiger partial charge on any atom is 2.00 e. The van der Waals surface area contributed by atoms with Gasteiger partial charge in [0.25, 0.3) is 0 Å². The van der Waals surface area contributed by atoms with Crippen molar-refractivity contribution in [3.05, 3.63) is 163 Å². The van der Waals surface area contributed by atoms with E-state index in [0.29, 0.717) is 16.8 Å². The predicted octanol–water partition coefficient (Wildman–Crippen LogP) is 11.0. The van der Waals surface area contributed by atoms with Gasteiger partial charge < -0.3 is 13.9 Å². The van der Waals surface area contributed by atoms with Crippen LogP contribution in [0.25, 0.3) is 38.8 Å². The molecule has 2 aromatic heterocycles. The molecule has 0 radical (unpaired) electrons. The molecular weight excluding hydrogens is 955 g/mol. The first-order chi connectivity index (χ1) is 27.7. The molecule has 0 bridgehead atoms. The Balaban J connectivity index is 0.00000484. The van der Waals surface area contributed by atoms with Crippen molar-refractivity contribution >= 4 is 71.4 Å². The third-order valence-electron chi connectivity index (χ3n) is 12.2. The van der Waals surface area contributed by atoms with Crippen LogP contribution in [0.3, 0.4) is 0 Å². The van der Waals surface area contributed by atoms with Crippen LogP contribution >= 0.6 is 7.14 Å². The molecule has 59 heavy (non-hydrogen) atoms. The van der Waals surface area contributed by atoms with Crippen LogP contribution in [0.2, 0.25) is 38.3 Å². The number of rotatable bonds is 7. The van der Waals surface area contributed by atoms with E-state index in [0.717, 1.165) is 38.2 Å². The number of hydrogen-bond acceptors (Lipinski definition) is 3. The van der Waals surface area contributed by atoms with Crippen LogP contribution in [0.15, 0.2) is 146 Å². The Morgan fingerprint density at radius 3 is 1.95 bits per heavy atom. The fraction of sp³-hybridized carbons (Fsp3) is 0.196. The Kier molecular flexibility index (Phi) is 10.8. The zero-order valence-electron chi connectivity index (χ0n) is 34.7. The minimum absolute atomic E-state index is 0. The van der Waals surface area contributed by atoms with Gasteiger partial charge in [-0.25, -0.2) is 4.98 Å². The average molecular weight is 1000 g/mol. The standard InChI is InChI=1S/C51H49N2O2PSi2.Pt/c1-51(2,3)38-27-28-52-50(33-38)53-46-25-21-36(37-22-26-48-49(32-37)58(6,7)30-29-57(48,4)5)31-45(46)44-24-23-40(35-47(44)53)55-39-15-14-20-43(34-39)56(54,41-16-10-8-11-17-41)42-18-12-9-13-19-42;/h8-28,31-33H,29-30H2,1-7H3;/q-2;+2. The molecule has 0 spiro atoms. The molecule has 0 atom stereocenters. The molecule has 8 aromatic rings. The van der Waals surface area contributed by atoms with Crippen molar-refractivity contribution in [2.24, 2.45) is 0 Å². The molecule has 3 heterocycles. The maximum absolute atomic E-state index is 15.2. The number of fused-ring (bicyclic) bond motifs is 4. The molecule has 298 valence electrons. The Bertz CT molecular complexity index is 2860. The number of ether oxygens (including phenoxy) is 1. The van der Waals surface area contributed by atoms with Crippen molar-refractivity contribution in [3.63, 3.8) is 0 Å². The van der Waals surface area contributed by atoms with Crippen LogP contribution < -0.4 is 31.0 Å². The van der Waals surface area contributed by atoms with Crippen molar-refractivity contribution in [2.75, 3.05) is 0 Å². The monoisotopic (exact) mass is 1000 g/mol. The van der Waals surface area contributed by atoms with E-state index < -0.39 is 23.3 Å². The van der Waals surface area contributed by atoms with Gasteiger partial charge in [0.2, 0.25) is 0 Å². The number of pyridine rings is 1. The molecule has 0 N–H and O–H groups in total. The van der Waals surface area contributed by atoms with E-state index in [1.54, 1.807) is 10.4 Å². The molecule has 0 amide bonds. The number of aromatic nitrogens is 2. The quantitative estimate of drug-likeness (QED) is 0.0908. The zero-order chi connectivity index (χ0) is 40.5. The molecule has 4 nitrogen and oxygen atoms in total. The van der Waals surface area contributed by atoms with Gasteiger partial charge in [-0.15, -0.1) is 29.7 Å². The van der Waals surface area contributed by atoms with Gasteiger partial charge in [0.15, 0.2) is 0 Å². The minimum atomic E-state index is -3.24. The number of benzene rings is 6. The third-order valence-corrected chi connectivity index (χ3v) is 22.7. The summed E-state index contributed by atoms with van der Waals surface area (Å²) >= 11 is 0. The Morgan fingerprint density at radius 1 is 0.644 bits per heavy atom. The summed E-state index contributed by atoms with van der Waals surface area (Å²) in [5.41, 5.74) is 5.59. The van der Waals surface area contributed by atoms with E-state index in [1.807, 2.05) is 91.1 Å². The average Bonchev–Trinajstić information content (AvgIpc) is 3.55. The first-order valence-corrected chi connectivity index (χ1v) is 28.4. The summed E-state index contributed by atoms with van der Waals surface area (Å²) in [6, 6.07) is 57.4. The maximum atomic E-state index is 15.2. The molecule has 8 heteroatoms. The summed E-state index contributed by atoms with van der Waals surface area (Å²) in [7, 11) is -6.21. The van der Waals surface area contributed by atoms with Gasteiger partial charge >= 0.3 is 21.1 Å². The molecule has 1 aliphatic heterocycles. The first kappa shape index (κ1) is 41.2. The summed E-state index contributed by atoms with van der Waals surface area (Å²) in [5, 5.41) is 7.62. The van der Waals surface area contributed by atoms with E-state index >= 15 is 4.57 Å². The van der Waals surface area contributed by atoms with Gasteiger partial charge in [0.05, 0.1) is 16.1 Å². The van der Waals surface area contributed by atoms with Gasteiger partial charge in [0.1, 0.15) is 13.0 Å². The molecule has 0 aliphatic carbocycles. The van der Waals surface area contributed by atoms with E-state index in [-0.39, 0.29) is 26.5 Å². The summed E-state index contributed by atoms with van der Waals surface area (Å²) < 4.78 is 24.0. The first-order valence-electron chi connectivity index (χ1n) is 20.3. The van der Waals surface area contributed by atoms with Gasteiger partial charge in [-0.1, -0.05) is 171 Å². The van der Waals surface area contributed by atoms with Crippen LogP contribution in [-0.4, -0.2) is 25.7 Å². The second-order valence-corrected chi connectivity index (χ2v) is 30.5. The molecule has 1 aliphatic rings. The molecule has 9 rings (SSSR count). The molecule has 0 unspecified atom stereocenters. The van der Waals surface area contributed by atoms with Crippen molar-refractivity contribution in [1.82, 2.24) is 9.55 Å². The predicted molar refractivity (Wildman–Crippen MR) is 250 cm³/mol. The Hall–Kier alpha value is -4.58. The van der Waals surface area contributed by atoms with Crippen molar-refractivity contribution in [1.29, 1.82) is 0 Å². The van der Waals surface area contributed by atoms with Gasteiger partial charge in [-0.2, -0.15) is 18.2 Å². The van der Waals surface area contributed by atoms with E-state index in [4.69, 9.17) is 9.72 Å².